The summed E-state index contributed by atoms with van der Waals surface area (Å²) in [5, 5.41) is 3.41. The van der Waals surface area contributed by atoms with Crippen molar-refractivity contribution in [3.63, 3.8) is 0 Å². The Balaban J connectivity index is 0.00000128. The molecule has 1 heterocycles. The first-order valence-corrected chi connectivity index (χ1v) is 5.75. The van der Waals surface area contributed by atoms with Crippen molar-refractivity contribution < 1.29 is 9.47 Å². The van der Waals surface area contributed by atoms with E-state index in [2.05, 4.69) is 33.4 Å². The van der Waals surface area contributed by atoms with Gasteiger partial charge in [-0.05, 0) is 33.6 Å². The Morgan fingerprint density at radius 1 is 1.50 bits per heavy atom. The van der Waals surface area contributed by atoms with Gasteiger partial charge >= 0.3 is 0 Å². The zero-order chi connectivity index (χ0) is 10.7. The molecule has 3 nitrogen and oxygen atoms in total. The summed E-state index contributed by atoms with van der Waals surface area (Å²) in [7, 11) is 1.67. The fourth-order valence-corrected chi connectivity index (χ4v) is 2.24. The maximum absolute atomic E-state index is 5.42. The number of nitrogens with one attached hydrogen (secondary N) is 1. The third-order valence-electron chi connectivity index (χ3n) is 2.50. The molecule has 5 heteroatoms. The Labute approximate surface area is 110 Å². The number of hydrogen-bond donors (Lipinski definition) is 1. The lowest BCUT2D eigenvalue weighted by molar-refractivity contribution is 0.0768. The second kappa shape index (κ2) is 6.45. The van der Waals surface area contributed by atoms with Gasteiger partial charge in [-0.1, -0.05) is 6.07 Å². The molecule has 0 bridgehead atoms. The van der Waals surface area contributed by atoms with Crippen LogP contribution in [0.2, 0.25) is 0 Å². The van der Waals surface area contributed by atoms with Gasteiger partial charge in [0.25, 0.3) is 0 Å². The third-order valence-corrected chi connectivity index (χ3v) is 3.12. The van der Waals surface area contributed by atoms with Crippen LogP contribution in [0.4, 0.5) is 0 Å². The highest BCUT2D eigenvalue weighted by atomic mass is 79.9. The minimum absolute atomic E-state index is 0. The highest BCUT2D eigenvalue weighted by Crippen LogP contribution is 2.28. The number of benzene rings is 1. The van der Waals surface area contributed by atoms with E-state index >= 15 is 0 Å². The van der Waals surface area contributed by atoms with Gasteiger partial charge in [0.05, 0.1) is 30.8 Å². The van der Waals surface area contributed by atoms with Crippen LogP contribution in [0.15, 0.2) is 22.7 Å². The molecule has 0 saturated carbocycles. The molecule has 1 saturated heterocycles. The van der Waals surface area contributed by atoms with E-state index in [9.17, 15) is 0 Å². The van der Waals surface area contributed by atoms with Crippen LogP contribution in [-0.4, -0.2) is 26.9 Å². The van der Waals surface area contributed by atoms with Gasteiger partial charge in [0, 0.05) is 6.54 Å². The molecule has 1 aromatic carbocycles. The number of ether oxygens (including phenoxy) is 2. The lowest BCUT2D eigenvalue weighted by Crippen LogP contribution is -2.34. The van der Waals surface area contributed by atoms with Crippen LogP contribution in [-0.2, 0) is 4.74 Å². The first kappa shape index (κ1) is 13.8. The summed E-state index contributed by atoms with van der Waals surface area (Å²) in [6.07, 6.45) is 0. The van der Waals surface area contributed by atoms with Crippen LogP contribution in [0.25, 0.3) is 0 Å². The maximum atomic E-state index is 5.42. The van der Waals surface area contributed by atoms with E-state index in [1.54, 1.807) is 7.11 Å². The van der Waals surface area contributed by atoms with Crippen molar-refractivity contribution in [3.8, 4) is 5.75 Å². The molecule has 90 valence electrons. The maximum Gasteiger partial charge on any atom is 0.133 e. The van der Waals surface area contributed by atoms with Gasteiger partial charge in [0.15, 0.2) is 0 Å². The van der Waals surface area contributed by atoms with Crippen molar-refractivity contribution in [1.82, 2.24) is 5.32 Å². The zero-order valence-corrected chi connectivity index (χ0v) is 11.4. The van der Waals surface area contributed by atoms with E-state index < -0.39 is 0 Å². The standard InChI is InChI=1S/C11H14BrNO2.ClH/c1-14-11-3-2-8(6-9(11)12)10-7-15-5-4-13-10;/h2-3,6,10,13H,4-5,7H2,1H3;1H/t10-;/m1./s1. The van der Waals surface area contributed by atoms with E-state index in [0.29, 0.717) is 6.04 Å². The first-order valence-electron chi connectivity index (χ1n) is 4.96. The zero-order valence-electron chi connectivity index (χ0n) is 9.03. The highest BCUT2D eigenvalue weighted by molar-refractivity contribution is 9.10. The Kier molecular flexibility index (Phi) is 5.55. The average Bonchev–Trinajstić information content (AvgIpc) is 2.30. The van der Waals surface area contributed by atoms with Crippen LogP contribution in [0.1, 0.15) is 11.6 Å². The van der Waals surface area contributed by atoms with Gasteiger partial charge in [-0.25, -0.2) is 0 Å². The summed E-state index contributed by atoms with van der Waals surface area (Å²) in [5.41, 5.74) is 1.22. The number of halogens is 2. The van der Waals surface area contributed by atoms with Crippen molar-refractivity contribution in [1.29, 1.82) is 0 Å². The van der Waals surface area contributed by atoms with E-state index in [-0.39, 0.29) is 12.4 Å². The second-order valence-electron chi connectivity index (χ2n) is 3.48. The van der Waals surface area contributed by atoms with Crippen molar-refractivity contribution in [2.75, 3.05) is 26.9 Å². The molecular weight excluding hydrogens is 293 g/mol. The monoisotopic (exact) mass is 307 g/mol. The molecule has 0 unspecified atom stereocenters. The lowest BCUT2D eigenvalue weighted by atomic mass is 10.1. The van der Waals surface area contributed by atoms with E-state index in [1.807, 2.05) is 6.07 Å². The number of hydrogen-bond acceptors (Lipinski definition) is 3. The fourth-order valence-electron chi connectivity index (χ4n) is 1.68. The molecule has 1 atom stereocenters. The van der Waals surface area contributed by atoms with Crippen molar-refractivity contribution in [3.05, 3.63) is 28.2 Å². The van der Waals surface area contributed by atoms with Crippen molar-refractivity contribution in [2.24, 2.45) is 0 Å². The quantitative estimate of drug-likeness (QED) is 0.911. The summed E-state index contributed by atoms with van der Waals surface area (Å²) in [6.45, 7) is 2.45. The Morgan fingerprint density at radius 2 is 2.31 bits per heavy atom. The van der Waals surface area contributed by atoms with Crippen LogP contribution in [0.5, 0.6) is 5.75 Å². The molecule has 2 rings (SSSR count). The molecule has 0 aromatic heterocycles. The summed E-state index contributed by atoms with van der Waals surface area (Å²) < 4.78 is 11.6. The first-order chi connectivity index (χ1) is 7.31. The number of methoxy groups -OCH3 is 1. The summed E-state index contributed by atoms with van der Waals surface area (Å²) >= 11 is 3.48. The predicted octanol–water partition coefficient (Wildman–Crippen LogP) is 2.54. The smallest absolute Gasteiger partial charge is 0.133 e. The molecule has 0 aliphatic carbocycles. The van der Waals surface area contributed by atoms with Crippen LogP contribution in [0.3, 0.4) is 0 Å². The van der Waals surface area contributed by atoms with Gasteiger partial charge in [-0.3, -0.25) is 0 Å². The lowest BCUT2D eigenvalue weighted by Gasteiger charge is -2.24. The number of rotatable bonds is 2. The topological polar surface area (TPSA) is 30.5 Å². The van der Waals surface area contributed by atoms with Gasteiger partial charge in [0.2, 0.25) is 0 Å². The Hall–Kier alpha value is -0.290. The highest BCUT2D eigenvalue weighted by Gasteiger charge is 2.15. The summed E-state index contributed by atoms with van der Waals surface area (Å²) in [5.74, 6) is 0.857. The largest absolute Gasteiger partial charge is 0.496 e. The molecular formula is C11H15BrClNO2. The Morgan fingerprint density at radius 3 is 2.88 bits per heavy atom. The molecule has 0 spiro atoms. The minimum Gasteiger partial charge on any atom is -0.496 e. The average molecular weight is 309 g/mol. The normalized spacial score (nSPS) is 20.0. The predicted molar refractivity (Wildman–Crippen MR) is 69.5 cm³/mol. The van der Waals surface area contributed by atoms with E-state index in [1.165, 1.54) is 5.56 Å². The fraction of sp³-hybridized carbons (Fsp3) is 0.455. The van der Waals surface area contributed by atoms with Crippen LogP contribution >= 0.6 is 28.3 Å². The molecule has 1 aliphatic rings. The van der Waals surface area contributed by atoms with Gasteiger partial charge in [-0.15, -0.1) is 12.4 Å². The molecule has 1 aromatic rings. The molecule has 0 radical (unpaired) electrons. The molecule has 1 aliphatic heterocycles. The van der Waals surface area contributed by atoms with Crippen molar-refractivity contribution >= 4 is 28.3 Å². The van der Waals surface area contributed by atoms with E-state index in [4.69, 9.17) is 9.47 Å². The van der Waals surface area contributed by atoms with Gasteiger partial charge < -0.3 is 14.8 Å². The minimum atomic E-state index is 0. The van der Waals surface area contributed by atoms with E-state index in [0.717, 1.165) is 30.0 Å². The third kappa shape index (κ3) is 3.10. The second-order valence-corrected chi connectivity index (χ2v) is 4.33. The summed E-state index contributed by atoms with van der Waals surface area (Å²) in [6, 6.07) is 6.40. The van der Waals surface area contributed by atoms with Crippen LogP contribution < -0.4 is 10.1 Å². The van der Waals surface area contributed by atoms with Gasteiger partial charge in [-0.2, -0.15) is 0 Å². The van der Waals surface area contributed by atoms with Crippen LogP contribution in [0, 0.1) is 0 Å². The van der Waals surface area contributed by atoms with Gasteiger partial charge in [0.1, 0.15) is 5.75 Å². The molecule has 1 fully saturated rings. The van der Waals surface area contributed by atoms with Crippen molar-refractivity contribution in [2.45, 2.75) is 6.04 Å². The molecule has 1 N–H and O–H groups in total. The summed E-state index contributed by atoms with van der Waals surface area (Å²) in [4.78, 5) is 0. The SMILES string of the molecule is COc1ccc([C@H]2COCCN2)cc1Br.Cl. The Bertz CT molecular complexity index is 343. The molecule has 0 amide bonds. The number of morpholine rings is 1. The molecule has 16 heavy (non-hydrogen) atoms.